The maximum Gasteiger partial charge on any atom is 0.227 e. The van der Waals surface area contributed by atoms with E-state index in [2.05, 4.69) is 34.1 Å². The number of carbonyl (C=O) groups is 1. The minimum Gasteiger partial charge on any atom is -0.330 e. The van der Waals surface area contributed by atoms with E-state index < -0.39 is 0 Å². The fourth-order valence-corrected chi connectivity index (χ4v) is 5.35. The predicted molar refractivity (Wildman–Crippen MR) is 120 cm³/mol. The molecule has 0 spiro atoms. The van der Waals surface area contributed by atoms with Gasteiger partial charge in [0.2, 0.25) is 5.91 Å². The lowest BCUT2D eigenvalue weighted by molar-refractivity contribution is -0.134. The highest BCUT2D eigenvalue weighted by Gasteiger charge is 2.52. The monoisotopic (exact) mass is 450 g/mol. The van der Waals surface area contributed by atoms with Crippen LogP contribution in [0, 0.1) is 0 Å². The largest absolute Gasteiger partial charge is 0.330 e. The van der Waals surface area contributed by atoms with Crippen LogP contribution in [0.4, 0.5) is 0 Å². The number of hydrogen-bond acceptors (Lipinski definition) is 2. The number of rotatable bonds is 4. The molecular weight excluding hydrogens is 427 g/mol. The molecule has 3 atom stereocenters. The fourth-order valence-electron chi connectivity index (χ4n) is 5.03. The predicted octanol–water partition coefficient (Wildman–Crippen LogP) is 5.49. The molecule has 1 saturated carbocycles. The lowest BCUT2D eigenvalue weighted by Gasteiger charge is -2.39. The average molecular weight is 452 g/mol. The van der Waals surface area contributed by atoms with E-state index in [0.717, 1.165) is 31.6 Å². The van der Waals surface area contributed by atoms with Gasteiger partial charge in [0.25, 0.3) is 0 Å². The molecule has 0 N–H and O–H groups in total. The topological polar surface area (TPSA) is 23.6 Å². The summed E-state index contributed by atoms with van der Waals surface area (Å²) in [5, 5.41) is 1.04. The highest BCUT2D eigenvalue weighted by atomic mass is 35.5. The second-order valence-electron chi connectivity index (χ2n) is 8.29. The van der Waals surface area contributed by atoms with Gasteiger partial charge in [-0.2, -0.15) is 0 Å². The summed E-state index contributed by atoms with van der Waals surface area (Å²) in [7, 11) is 0. The van der Waals surface area contributed by atoms with Crippen molar-refractivity contribution in [3.05, 3.63) is 69.2 Å². The van der Waals surface area contributed by atoms with Crippen molar-refractivity contribution in [2.24, 2.45) is 0 Å². The van der Waals surface area contributed by atoms with E-state index in [1.54, 1.807) is 6.07 Å². The zero-order chi connectivity index (χ0) is 19.3. The van der Waals surface area contributed by atoms with E-state index in [0.29, 0.717) is 28.4 Å². The summed E-state index contributed by atoms with van der Waals surface area (Å²) in [5.41, 5.74) is 3.72. The van der Waals surface area contributed by atoms with Crippen LogP contribution < -0.4 is 0 Å². The van der Waals surface area contributed by atoms with Gasteiger partial charge in [-0.05, 0) is 61.2 Å². The van der Waals surface area contributed by atoms with E-state index in [1.165, 1.54) is 24.0 Å². The van der Waals surface area contributed by atoms with E-state index in [9.17, 15) is 4.79 Å². The highest BCUT2D eigenvalue weighted by molar-refractivity contribution is 6.42. The molecule has 0 bridgehead atoms. The number of fused-ring (bicyclic) bond motifs is 3. The molecule has 0 radical (unpaired) electrons. The number of carbonyl (C=O) groups excluding carboxylic acids is 1. The zero-order valence-electron chi connectivity index (χ0n) is 16.2. The molecule has 3 unspecified atom stereocenters. The molecule has 2 aliphatic heterocycles. The van der Waals surface area contributed by atoms with Crippen molar-refractivity contribution in [1.29, 1.82) is 0 Å². The smallest absolute Gasteiger partial charge is 0.227 e. The zero-order valence-corrected chi connectivity index (χ0v) is 18.5. The van der Waals surface area contributed by atoms with Gasteiger partial charge in [0.05, 0.1) is 22.5 Å². The summed E-state index contributed by atoms with van der Waals surface area (Å²) in [6, 6.07) is 14.7. The number of amides is 1. The molecule has 0 aromatic heterocycles. The van der Waals surface area contributed by atoms with Crippen LogP contribution in [0.15, 0.2) is 42.5 Å². The number of halogens is 3. The van der Waals surface area contributed by atoms with Gasteiger partial charge in [-0.25, -0.2) is 0 Å². The van der Waals surface area contributed by atoms with Gasteiger partial charge in [-0.15, -0.1) is 12.4 Å². The molecule has 3 aliphatic rings. The standard InChI is InChI=1S/C23H24Cl2N2O.ClH/c24-19-8-7-15(11-20(19)25)12-23(28)27-21-13-18(21)16-5-1-2-6-17(16)22(27)14-26-9-3-4-10-26;/h1-2,5-8,11,18,21-22H,3-4,9-10,12-14H2;1H. The Labute approximate surface area is 188 Å². The van der Waals surface area contributed by atoms with Gasteiger partial charge >= 0.3 is 0 Å². The summed E-state index contributed by atoms with van der Waals surface area (Å²) in [5.74, 6) is 0.702. The Morgan fingerprint density at radius 1 is 1.00 bits per heavy atom. The number of nitrogens with zero attached hydrogens (tertiary/aromatic N) is 2. The minimum absolute atomic E-state index is 0. The van der Waals surface area contributed by atoms with Gasteiger partial charge in [0.1, 0.15) is 0 Å². The summed E-state index contributed by atoms with van der Waals surface area (Å²) >= 11 is 12.2. The normalized spacial score (nSPS) is 25.2. The molecule has 3 nitrogen and oxygen atoms in total. The first-order valence-electron chi connectivity index (χ1n) is 10.2. The molecule has 2 heterocycles. The van der Waals surface area contributed by atoms with E-state index in [4.69, 9.17) is 23.2 Å². The van der Waals surface area contributed by atoms with Crippen molar-refractivity contribution in [2.75, 3.05) is 19.6 Å². The Bertz CT molecular complexity index is 913. The molecule has 2 aromatic rings. The Morgan fingerprint density at radius 2 is 1.72 bits per heavy atom. The maximum absolute atomic E-state index is 13.4. The third-order valence-electron chi connectivity index (χ3n) is 6.46. The Hall–Kier alpha value is -1.26. The van der Waals surface area contributed by atoms with E-state index in [-0.39, 0.29) is 24.4 Å². The average Bonchev–Trinajstić information content (AvgIpc) is 3.31. The summed E-state index contributed by atoms with van der Waals surface area (Å²) in [4.78, 5) is 18.1. The quantitative estimate of drug-likeness (QED) is 0.613. The molecule has 2 aromatic carbocycles. The highest BCUT2D eigenvalue weighted by Crippen LogP contribution is 2.54. The summed E-state index contributed by atoms with van der Waals surface area (Å²) in [6.07, 6.45) is 3.98. The first kappa shape index (κ1) is 21.0. The van der Waals surface area contributed by atoms with E-state index in [1.807, 2.05) is 12.1 Å². The Morgan fingerprint density at radius 3 is 2.45 bits per heavy atom. The number of likely N-dealkylation sites (tertiary alicyclic amines) is 1. The molecular formula is C23H25Cl3N2O. The van der Waals surface area contributed by atoms with Crippen molar-refractivity contribution >= 4 is 41.5 Å². The molecule has 6 heteroatoms. The maximum atomic E-state index is 13.4. The van der Waals surface area contributed by atoms with Crippen LogP contribution in [0.2, 0.25) is 10.0 Å². The van der Waals surface area contributed by atoms with Crippen LogP contribution in [0.3, 0.4) is 0 Å². The Balaban J connectivity index is 0.00000205. The van der Waals surface area contributed by atoms with Crippen LogP contribution in [0.5, 0.6) is 0 Å². The Kier molecular flexibility index (Phi) is 6.13. The number of benzene rings is 2. The van der Waals surface area contributed by atoms with Crippen molar-refractivity contribution in [3.63, 3.8) is 0 Å². The van der Waals surface area contributed by atoms with Crippen molar-refractivity contribution in [3.8, 4) is 0 Å². The first-order chi connectivity index (χ1) is 13.6. The minimum atomic E-state index is 0. The molecule has 1 saturated heterocycles. The molecule has 1 aliphatic carbocycles. The van der Waals surface area contributed by atoms with Crippen LogP contribution >= 0.6 is 35.6 Å². The summed E-state index contributed by atoms with van der Waals surface area (Å²) < 4.78 is 0. The van der Waals surface area contributed by atoms with Crippen LogP contribution in [0.25, 0.3) is 0 Å². The third-order valence-corrected chi connectivity index (χ3v) is 7.20. The molecule has 1 amide bonds. The van der Waals surface area contributed by atoms with Gasteiger partial charge in [0.15, 0.2) is 0 Å². The molecule has 5 rings (SSSR count). The van der Waals surface area contributed by atoms with Crippen LogP contribution in [-0.4, -0.2) is 41.4 Å². The second-order valence-corrected chi connectivity index (χ2v) is 9.10. The van der Waals surface area contributed by atoms with Crippen molar-refractivity contribution < 1.29 is 4.79 Å². The lowest BCUT2D eigenvalue weighted by atomic mass is 9.91. The first-order valence-corrected chi connectivity index (χ1v) is 10.9. The van der Waals surface area contributed by atoms with E-state index >= 15 is 0 Å². The SMILES string of the molecule is Cl.O=C(Cc1ccc(Cl)c(Cl)c1)N1C(CN2CCCC2)c2ccccc2C2CC21. The molecule has 29 heavy (non-hydrogen) atoms. The fraction of sp³-hybridized carbons (Fsp3) is 0.435. The summed E-state index contributed by atoms with van der Waals surface area (Å²) in [6.45, 7) is 3.22. The molecule has 154 valence electrons. The second kappa shape index (κ2) is 8.47. The van der Waals surface area contributed by atoms with Crippen molar-refractivity contribution in [1.82, 2.24) is 9.80 Å². The van der Waals surface area contributed by atoms with Crippen LogP contribution in [0.1, 0.15) is 47.9 Å². The van der Waals surface area contributed by atoms with Gasteiger partial charge in [0, 0.05) is 18.5 Å². The van der Waals surface area contributed by atoms with Crippen LogP contribution in [-0.2, 0) is 11.2 Å². The number of hydrogen-bond donors (Lipinski definition) is 0. The van der Waals surface area contributed by atoms with Gasteiger partial charge in [-0.3, -0.25) is 4.79 Å². The lowest BCUT2D eigenvalue weighted by Crippen LogP contribution is -2.45. The third kappa shape index (κ3) is 4.03. The van der Waals surface area contributed by atoms with Crippen molar-refractivity contribution in [2.45, 2.75) is 43.7 Å². The van der Waals surface area contributed by atoms with Gasteiger partial charge in [-0.1, -0.05) is 53.5 Å². The van der Waals surface area contributed by atoms with Gasteiger partial charge < -0.3 is 9.80 Å². The molecule has 2 fully saturated rings.